The molecule has 2 rings (SSSR count). The lowest BCUT2D eigenvalue weighted by Crippen LogP contribution is -2.19. The van der Waals surface area contributed by atoms with E-state index in [0.717, 1.165) is 5.56 Å². The highest BCUT2D eigenvalue weighted by Gasteiger charge is 2.19. The molecule has 2 nitrogen and oxygen atoms in total. The molecule has 20 heavy (non-hydrogen) atoms. The summed E-state index contributed by atoms with van der Waals surface area (Å²) in [4.78, 5) is 0. The summed E-state index contributed by atoms with van der Waals surface area (Å²) in [5.41, 5.74) is 1.21. The summed E-state index contributed by atoms with van der Waals surface area (Å²) in [5.74, 6) is -0.644. The fourth-order valence-corrected chi connectivity index (χ4v) is 2.48. The van der Waals surface area contributed by atoms with E-state index in [1.807, 2.05) is 0 Å². The monoisotopic (exact) mass is 341 g/mol. The van der Waals surface area contributed by atoms with Crippen molar-refractivity contribution in [3.05, 3.63) is 63.6 Å². The Bertz CT molecular complexity index is 619. The van der Waals surface area contributed by atoms with E-state index in [1.165, 1.54) is 13.2 Å². The molecule has 0 aromatic heterocycles. The molecule has 0 heterocycles. The van der Waals surface area contributed by atoms with Crippen molar-refractivity contribution in [2.75, 3.05) is 14.2 Å². The second kappa shape index (κ2) is 6.33. The third-order valence-corrected chi connectivity index (χ3v) is 3.70. The molecule has 2 aromatic rings. The summed E-state index contributed by atoms with van der Waals surface area (Å²) in [6.45, 7) is 0. The van der Waals surface area contributed by atoms with Gasteiger partial charge in [-0.3, -0.25) is 0 Å². The van der Waals surface area contributed by atoms with Gasteiger partial charge in [-0.15, -0.1) is 0 Å². The SMILES string of the molecule is CNC(c1ccc(F)c(OC)c1)c1cccc(Br)c1F. The molecule has 0 aliphatic heterocycles. The van der Waals surface area contributed by atoms with E-state index in [0.29, 0.717) is 10.0 Å². The fourth-order valence-electron chi connectivity index (χ4n) is 2.10. The van der Waals surface area contributed by atoms with Gasteiger partial charge in [-0.25, -0.2) is 8.78 Å². The first kappa shape index (κ1) is 14.9. The topological polar surface area (TPSA) is 21.3 Å². The Morgan fingerprint density at radius 1 is 1.20 bits per heavy atom. The van der Waals surface area contributed by atoms with Crippen LogP contribution in [0.1, 0.15) is 17.2 Å². The average Bonchev–Trinajstić information content (AvgIpc) is 2.45. The van der Waals surface area contributed by atoms with Gasteiger partial charge in [0.25, 0.3) is 0 Å². The first-order valence-corrected chi connectivity index (χ1v) is 6.82. The maximum Gasteiger partial charge on any atom is 0.165 e. The number of rotatable bonds is 4. The first-order valence-electron chi connectivity index (χ1n) is 6.03. The Morgan fingerprint density at radius 2 is 1.95 bits per heavy atom. The molecule has 0 saturated heterocycles. The molecular formula is C15H14BrF2NO. The van der Waals surface area contributed by atoms with Gasteiger partial charge in [-0.05, 0) is 46.7 Å². The number of halogens is 3. The van der Waals surface area contributed by atoms with Crippen molar-refractivity contribution in [2.45, 2.75) is 6.04 Å². The maximum absolute atomic E-state index is 14.2. The largest absolute Gasteiger partial charge is 0.494 e. The van der Waals surface area contributed by atoms with Gasteiger partial charge in [0.1, 0.15) is 5.82 Å². The highest BCUT2D eigenvalue weighted by molar-refractivity contribution is 9.10. The summed E-state index contributed by atoms with van der Waals surface area (Å²) in [5, 5.41) is 3.03. The molecule has 0 aliphatic carbocycles. The van der Waals surface area contributed by atoms with Crippen molar-refractivity contribution < 1.29 is 13.5 Å². The maximum atomic E-state index is 14.2. The zero-order valence-corrected chi connectivity index (χ0v) is 12.7. The Balaban J connectivity index is 2.49. The lowest BCUT2D eigenvalue weighted by Gasteiger charge is -2.19. The van der Waals surface area contributed by atoms with Gasteiger partial charge in [0.05, 0.1) is 17.6 Å². The van der Waals surface area contributed by atoms with Crippen LogP contribution in [0.4, 0.5) is 8.78 Å². The minimum atomic E-state index is -0.444. The van der Waals surface area contributed by atoms with Crippen LogP contribution in [0, 0.1) is 11.6 Å². The summed E-state index contributed by atoms with van der Waals surface area (Å²) >= 11 is 3.17. The zero-order chi connectivity index (χ0) is 14.7. The molecule has 0 amide bonds. The van der Waals surface area contributed by atoms with Crippen LogP contribution in [0.25, 0.3) is 0 Å². The van der Waals surface area contributed by atoms with Gasteiger partial charge in [-0.1, -0.05) is 18.2 Å². The van der Waals surface area contributed by atoms with E-state index in [2.05, 4.69) is 21.2 Å². The molecule has 5 heteroatoms. The molecule has 0 spiro atoms. The summed E-state index contributed by atoms with van der Waals surface area (Å²) in [6, 6.07) is 9.19. The van der Waals surface area contributed by atoms with E-state index < -0.39 is 5.82 Å². The van der Waals surface area contributed by atoms with E-state index in [9.17, 15) is 8.78 Å². The van der Waals surface area contributed by atoms with Gasteiger partial charge in [0.15, 0.2) is 11.6 Å². The van der Waals surface area contributed by atoms with E-state index in [4.69, 9.17) is 4.74 Å². The van der Waals surface area contributed by atoms with Crippen LogP contribution in [0.3, 0.4) is 0 Å². The Morgan fingerprint density at radius 3 is 2.60 bits per heavy atom. The first-order chi connectivity index (χ1) is 9.58. The van der Waals surface area contributed by atoms with Gasteiger partial charge in [0.2, 0.25) is 0 Å². The quantitative estimate of drug-likeness (QED) is 0.905. The second-order valence-electron chi connectivity index (χ2n) is 4.26. The molecule has 0 radical (unpaired) electrons. The number of hydrogen-bond acceptors (Lipinski definition) is 2. The number of hydrogen-bond donors (Lipinski definition) is 1. The Hall–Kier alpha value is -1.46. The minimum Gasteiger partial charge on any atom is -0.494 e. The predicted molar refractivity (Wildman–Crippen MR) is 78.0 cm³/mol. The molecule has 1 N–H and O–H groups in total. The highest BCUT2D eigenvalue weighted by Crippen LogP contribution is 2.30. The van der Waals surface area contributed by atoms with Crippen molar-refractivity contribution in [2.24, 2.45) is 0 Å². The summed E-state index contributed by atoms with van der Waals surface area (Å²) in [6.07, 6.45) is 0. The Labute approximate surface area is 124 Å². The van der Waals surface area contributed by atoms with Gasteiger partial charge >= 0.3 is 0 Å². The van der Waals surface area contributed by atoms with Crippen molar-refractivity contribution in [1.82, 2.24) is 5.32 Å². The standard InChI is InChI=1S/C15H14BrF2NO/c1-19-15(10-4-3-5-11(16)14(10)18)9-6-7-12(17)13(8-9)20-2/h3-8,15,19H,1-2H3. The molecule has 0 saturated carbocycles. The second-order valence-corrected chi connectivity index (χ2v) is 5.11. The Kier molecular flexibility index (Phi) is 4.73. The number of methoxy groups -OCH3 is 1. The van der Waals surface area contributed by atoms with E-state index >= 15 is 0 Å². The van der Waals surface area contributed by atoms with Crippen molar-refractivity contribution in [1.29, 1.82) is 0 Å². The van der Waals surface area contributed by atoms with Crippen molar-refractivity contribution >= 4 is 15.9 Å². The fraction of sp³-hybridized carbons (Fsp3) is 0.200. The minimum absolute atomic E-state index is 0.137. The molecule has 0 fully saturated rings. The van der Waals surface area contributed by atoms with Crippen LogP contribution in [-0.4, -0.2) is 14.2 Å². The molecule has 2 aromatic carbocycles. The highest BCUT2D eigenvalue weighted by atomic mass is 79.9. The lowest BCUT2D eigenvalue weighted by molar-refractivity contribution is 0.385. The van der Waals surface area contributed by atoms with Crippen LogP contribution >= 0.6 is 15.9 Å². The smallest absolute Gasteiger partial charge is 0.165 e. The third kappa shape index (κ3) is 2.83. The number of nitrogens with one attached hydrogen (secondary N) is 1. The van der Waals surface area contributed by atoms with Crippen LogP contribution in [0.15, 0.2) is 40.9 Å². The normalized spacial score (nSPS) is 12.2. The molecular weight excluding hydrogens is 328 g/mol. The molecule has 1 unspecified atom stereocenters. The van der Waals surface area contributed by atoms with E-state index in [-0.39, 0.29) is 17.6 Å². The van der Waals surface area contributed by atoms with Crippen molar-refractivity contribution in [3.63, 3.8) is 0 Å². The third-order valence-electron chi connectivity index (χ3n) is 3.09. The number of benzene rings is 2. The average molecular weight is 342 g/mol. The van der Waals surface area contributed by atoms with Crippen LogP contribution in [0.2, 0.25) is 0 Å². The van der Waals surface area contributed by atoms with Gasteiger partial charge < -0.3 is 10.1 Å². The van der Waals surface area contributed by atoms with Crippen LogP contribution in [0.5, 0.6) is 5.75 Å². The van der Waals surface area contributed by atoms with Crippen molar-refractivity contribution in [3.8, 4) is 5.75 Å². The van der Waals surface area contributed by atoms with Gasteiger partial charge in [0, 0.05) is 5.56 Å². The predicted octanol–water partition coefficient (Wildman–Crippen LogP) is 4.04. The number of ether oxygens (including phenoxy) is 1. The summed E-state index contributed by atoms with van der Waals surface area (Å²) in [7, 11) is 3.12. The molecule has 0 bridgehead atoms. The summed E-state index contributed by atoms with van der Waals surface area (Å²) < 4.78 is 33.0. The lowest BCUT2D eigenvalue weighted by atomic mass is 9.98. The zero-order valence-electron chi connectivity index (χ0n) is 11.1. The molecule has 106 valence electrons. The molecule has 0 aliphatic rings. The van der Waals surface area contributed by atoms with Crippen LogP contribution < -0.4 is 10.1 Å². The molecule has 1 atom stereocenters. The van der Waals surface area contributed by atoms with E-state index in [1.54, 1.807) is 37.4 Å². The van der Waals surface area contributed by atoms with Gasteiger partial charge in [-0.2, -0.15) is 0 Å². The van der Waals surface area contributed by atoms with Crippen LogP contribution in [-0.2, 0) is 0 Å².